The van der Waals surface area contributed by atoms with Crippen molar-refractivity contribution in [1.82, 2.24) is 0 Å². The van der Waals surface area contributed by atoms with Gasteiger partial charge in [-0.15, -0.1) is 0 Å². The highest BCUT2D eigenvalue weighted by atomic mass is 32.2. The molecule has 0 unspecified atom stereocenters. The van der Waals surface area contributed by atoms with E-state index in [1.165, 1.54) is 6.07 Å². The molecule has 1 aromatic carbocycles. The summed E-state index contributed by atoms with van der Waals surface area (Å²) >= 11 is 0. The third-order valence-electron chi connectivity index (χ3n) is 3.31. The number of carbonyl (C=O) groups excluding carboxylic acids is 1. The third-order valence-corrected chi connectivity index (χ3v) is 5.10. The molecule has 136 valence electrons. The van der Waals surface area contributed by atoms with E-state index in [-0.39, 0.29) is 16.9 Å². The summed E-state index contributed by atoms with van der Waals surface area (Å²) in [7, 11) is -3.05. The normalized spacial score (nSPS) is 12.2. The molecular formula is C15H13F3O6S. The Bertz CT molecular complexity index is 912. The van der Waals surface area contributed by atoms with Gasteiger partial charge in [-0.25, -0.2) is 13.2 Å². The number of aromatic hydroxyl groups is 1. The Hall–Kier alpha value is -2.49. The largest absolute Gasteiger partial charge is 0.507 e. The maximum absolute atomic E-state index is 12.6. The SMILES string of the molecule is COC(=O)c1ccc(CS(=O)(=O)c2cc(C(F)(F)F)oc2C)cc1O. The van der Waals surface area contributed by atoms with Crippen LogP contribution in [0.2, 0.25) is 0 Å². The Morgan fingerprint density at radius 2 is 1.92 bits per heavy atom. The smallest absolute Gasteiger partial charge is 0.449 e. The van der Waals surface area contributed by atoms with Crippen LogP contribution in [0, 0.1) is 6.92 Å². The van der Waals surface area contributed by atoms with Crippen molar-refractivity contribution in [2.75, 3.05) is 7.11 Å². The predicted octanol–water partition coefficient (Wildman–Crippen LogP) is 3.07. The Labute approximate surface area is 140 Å². The van der Waals surface area contributed by atoms with Gasteiger partial charge in [-0.2, -0.15) is 13.2 Å². The zero-order valence-corrected chi connectivity index (χ0v) is 13.9. The molecule has 0 bridgehead atoms. The maximum Gasteiger partial charge on any atom is 0.449 e. The van der Waals surface area contributed by atoms with Crippen LogP contribution in [0.5, 0.6) is 5.75 Å². The van der Waals surface area contributed by atoms with E-state index in [0.29, 0.717) is 6.07 Å². The van der Waals surface area contributed by atoms with Crippen molar-refractivity contribution in [3.05, 3.63) is 46.9 Å². The molecule has 1 heterocycles. The van der Waals surface area contributed by atoms with E-state index in [4.69, 9.17) is 0 Å². The standard InChI is InChI=1S/C15H13F3O6S/c1-8-12(6-13(24-8)15(16,17)18)25(21,22)7-9-3-4-10(11(19)5-9)14(20)23-2/h3-6,19H,7H2,1-2H3. The molecule has 25 heavy (non-hydrogen) atoms. The van der Waals surface area contributed by atoms with Gasteiger partial charge in [-0.1, -0.05) is 6.07 Å². The minimum Gasteiger partial charge on any atom is -0.507 e. The number of carbonyl (C=O) groups is 1. The van der Waals surface area contributed by atoms with E-state index in [1.54, 1.807) is 0 Å². The molecule has 1 aromatic heterocycles. The van der Waals surface area contributed by atoms with E-state index < -0.39 is 44.1 Å². The number of aryl methyl sites for hydroxylation is 1. The summed E-state index contributed by atoms with van der Waals surface area (Å²) in [6.45, 7) is 1.11. The topological polar surface area (TPSA) is 93.8 Å². The van der Waals surface area contributed by atoms with Crippen molar-refractivity contribution < 1.29 is 40.6 Å². The summed E-state index contributed by atoms with van der Waals surface area (Å²) in [5.41, 5.74) is -0.0817. The number of hydrogen-bond donors (Lipinski definition) is 1. The van der Waals surface area contributed by atoms with Crippen LogP contribution in [0.25, 0.3) is 0 Å². The van der Waals surface area contributed by atoms with Gasteiger partial charge in [0.15, 0.2) is 9.84 Å². The van der Waals surface area contributed by atoms with Crippen molar-refractivity contribution in [2.45, 2.75) is 23.7 Å². The highest BCUT2D eigenvalue weighted by molar-refractivity contribution is 7.90. The first kappa shape index (κ1) is 18.8. The first-order valence-corrected chi connectivity index (χ1v) is 8.41. The van der Waals surface area contributed by atoms with Gasteiger partial charge in [-0.3, -0.25) is 0 Å². The zero-order valence-electron chi connectivity index (χ0n) is 13.0. The molecule has 0 saturated carbocycles. The molecule has 0 saturated heterocycles. The van der Waals surface area contributed by atoms with Gasteiger partial charge in [0.2, 0.25) is 5.76 Å². The van der Waals surface area contributed by atoms with Crippen molar-refractivity contribution >= 4 is 15.8 Å². The lowest BCUT2D eigenvalue weighted by molar-refractivity contribution is -0.153. The van der Waals surface area contributed by atoms with Gasteiger partial charge in [0.25, 0.3) is 0 Å². The fraction of sp³-hybridized carbons (Fsp3) is 0.267. The number of benzene rings is 1. The van der Waals surface area contributed by atoms with Crippen LogP contribution in [0.15, 0.2) is 33.6 Å². The van der Waals surface area contributed by atoms with Crippen LogP contribution in [0.3, 0.4) is 0 Å². The first-order valence-electron chi connectivity index (χ1n) is 6.76. The highest BCUT2D eigenvalue weighted by Crippen LogP contribution is 2.35. The van der Waals surface area contributed by atoms with Crippen molar-refractivity contribution in [1.29, 1.82) is 0 Å². The molecule has 0 amide bonds. The molecule has 10 heteroatoms. The molecule has 0 spiro atoms. The molecule has 0 aliphatic heterocycles. The molecule has 0 aliphatic carbocycles. The van der Waals surface area contributed by atoms with E-state index in [2.05, 4.69) is 9.15 Å². The second kappa shape index (κ2) is 6.43. The monoisotopic (exact) mass is 378 g/mol. The van der Waals surface area contributed by atoms with E-state index >= 15 is 0 Å². The minimum absolute atomic E-state index is 0.0827. The van der Waals surface area contributed by atoms with Gasteiger partial charge in [0.1, 0.15) is 22.0 Å². The lowest BCUT2D eigenvalue weighted by Gasteiger charge is -2.07. The van der Waals surface area contributed by atoms with Gasteiger partial charge < -0.3 is 14.3 Å². The molecule has 0 radical (unpaired) electrons. The summed E-state index contributed by atoms with van der Waals surface area (Å²) in [6, 6.07) is 3.87. The number of hydrogen-bond acceptors (Lipinski definition) is 6. The first-order chi connectivity index (χ1) is 11.5. The fourth-order valence-corrected chi connectivity index (χ4v) is 3.70. The van der Waals surface area contributed by atoms with Crippen LogP contribution >= 0.6 is 0 Å². The number of phenolic OH excluding ortho intramolecular Hbond substituents is 1. The van der Waals surface area contributed by atoms with Crippen LogP contribution in [0.4, 0.5) is 13.2 Å². The number of methoxy groups -OCH3 is 1. The van der Waals surface area contributed by atoms with E-state index in [0.717, 1.165) is 26.2 Å². The molecule has 0 fully saturated rings. The Morgan fingerprint density at radius 1 is 1.28 bits per heavy atom. The molecule has 1 N–H and O–H groups in total. The van der Waals surface area contributed by atoms with Gasteiger partial charge >= 0.3 is 12.1 Å². The number of sulfone groups is 1. The quantitative estimate of drug-likeness (QED) is 0.822. The summed E-state index contributed by atoms with van der Waals surface area (Å²) in [6.07, 6.45) is -4.81. The summed E-state index contributed by atoms with van der Waals surface area (Å²) in [4.78, 5) is 10.8. The second-order valence-electron chi connectivity index (χ2n) is 5.13. The molecule has 6 nitrogen and oxygen atoms in total. The third kappa shape index (κ3) is 3.95. The number of halogens is 3. The van der Waals surface area contributed by atoms with Gasteiger partial charge in [-0.05, 0) is 24.6 Å². The number of furan rings is 1. The molecule has 2 rings (SSSR count). The Kier molecular flexibility index (Phi) is 4.85. The summed E-state index contributed by atoms with van der Waals surface area (Å²) < 4.78 is 71.5. The average molecular weight is 378 g/mol. The van der Waals surface area contributed by atoms with E-state index in [1.807, 2.05) is 0 Å². The number of phenols is 1. The molecular weight excluding hydrogens is 365 g/mol. The number of ether oxygens (including phenoxy) is 1. The average Bonchev–Trinajstić information content (AvgIpc) is 2.89. The number of alkyl halides is 3. The van der Waals surface area contributed by atoms with Gasteiger partial charge in [0, 0.05) is 6.07 Å². The molecule has 2 aromatic rings. The molecule has 0 aliphatic rings. The van der Waals surface area contributed by atoms with E-state index in [9.17, 15) is 31.5 Å². The lowest BCUT2D eigenvalue weighted by Crippen LogP contribution is -2.07. The fourth-order valence-electron chi connectivity index (χ4n) is 2.16. The van der Waals surface area contributed by atoms with Crippen LogP contribution < -0.4 is 0 Å². The van der Waals surface area contributed by atoms with Crippen molar-refractivity contribution in [2.24, 2.45) is 0 Å². The summed E-state index contributed by atoms with van der Waals surface area (Å²) in [5, 5.41) is 9.76. The summed E-state index contributed by atoms with van der Waals surface area (Å²) in [5.74, 6) is -3.79. The predicted molar refractivity (Wildman–Crippen MR) is 78.8 cm³/mol. The van der Waals surface area contributed by atoms with Crippen molar-refractivity contribution in [3.63, 3.8) is 0 Å². The molecule has 0 atom stereocenters. The van der Waals surface area contributed by atoms with Crippen LogP contribution in [0.1, 0.15) is 27.4 Å². The Balaban J connectivity index is 2.35. The van der Waals surface area contributed by atoms with Gasteiger partial charge in [0.05, 0.1) is 12.9 Å². The van der Waals surface area contributed by atoms with Crippen LogP contribution in [-0.2, 0) is 26.5 Å². The zero-order chi connectivity index (χ0) is 19.0. The van der Waals surface area contributed by atoms with Crippen molar-refractivity contribution in [3.8, 4) is 5.75 Å². The lowest BCUT2D eigenvalue weighted by atomic mass is 10.1. The minimum atomic E-state index is -4.81. The number of rotatable bonds is 4. The second-order valence-corrected chi connectivity index (χ2v) is 7.09. The maximum atomic E-state index is 12.6. The highest BCUT2D eigenvalue weighted by Gasteiger charge is 2.37. The number of esters is 1. The van der Waals surface area contributed by atoms with Crippen LogP contribution in [-0.4, -0.2) is 26.6 Å². The Morgan fingerprint density at radius 3 is 2.40 bits per heavy atom.